The molecule has 0 bridgehead atoms. The van der Waals surface area contributed by atoms with E-state index in [-0.39, 0.29) is 18.6 Å². The number of aryl methyl sites for hydroxylation is 1. The maximum atomic E-state index is 11.6. The summed E-state index contributed by atoms with van der Waals surface area (Å²) < 4.78 is 5.37. The van der Waals surface area contributed by atoms with Crippen LogP contribution in [0.3, 0.4) is 0 Å². The minimum Gasteiger partial charge on any atom is -0.482 e. The van der Waals surface area contributed by atoms with Crippen LogP contribution in [0, 0.1) is 6.92 Å². The third-order valence-electron chi connectivity index (χ3n) is 3.09. The van der Waals surface area contributed by atoms with Gasteiger partial charge in [0.15, 0.2) is 6.61 Å². The first-order chi connectivity index (χ1) is 9.15. The molecule has 104 valence electrons. The molecule has 1 aliphatic carbocycles. The summed E-state index contributed by atoms with van der Waals surface area (Å²) in [6.45, 7) is 1.84. The molecule has 1 fully saturated rings. The topological polar surface area (TPSA) is 47.6 Å². The first-order valence-electron chi connectivity index (χ1n) is 6.48. The van der Waals surface area contributed by atoms with Gasteiger partial charge in [-0.15, -0.1) is 0 Å². The summed E-state index contributed by atoms with van der Waals surface area (Å²) in [6, 6.07) is 5.44. The normalized spacial score (nSPS) is 15.5. The third kappa shape index (κ3) is 4.40. The summed E-state index contributed by atoms with van der Waals surface area (Å²) in [5, 5.41) is 0.495. The maximum Gasteiger partial charge on any atom is 0.281 e. The van der Waals surface area contributed by atoms with E-state index in [1.165, 1.54) is 0 Å². The van der Waals surface area contributed by atoms with Gasteiger partial charge in [0.25, 0.3) is 5.91 Å². The largest absolute Gasteiger partial charge is 0.482 e. The Morgan fingerprint density at radius 2 is 2.16 bits per heavy atom. The van der Waals surface area contributed by atoms with Crippen molar-refractivity contribution in [2.45, 2.75) is 38.7 Å². The Labute approximate surface area is 118 Å². The molecule has 0 saturated heterocycles. The van der Waals surface area contributed by atoms with Crippen molar-refractivity contribution < 1.29 is 14.4 Å². The predicted octanol–water partition coefficient (Wildman–Crippen LogP) is 3.02. The van der Waals surface area contributed by atoms with E-state index in [0.717, 1.165) is 31.2 Å². The lowest BCUT2D eigenvalue weighted by molar-refractivity contribution is -0.140. The lowest BCUT2D eigenvalue weighted by atomic mass is 10.2. The van der Waals surface area contributed by atoms with Gasteiger partial charge in [0.1, 0.15) is 5.75 Å². The van der Waals surface area contributed by atoms with Crippen LogP contribution in [0.15, 0.2) is 18.2 Å². The Hall–Kier alpha value is -1.26. The highest BCUT2D eigenvalue weighted by molar-refractivity contribution is 6.32. The van der Waals surface area contributed by atoms with Crippen molar-refractivity contribution in [3.63, 3.8) is 0 Å². The summed E-state index contributed by atoms with van der Waals surface area (Å²) in [5.41, 5.74) is 3.45. The zero-order valence-corrected chi connectivity index (χ0v) is 11.7. The molecule has 1 aliphatic rings. The van der Waals surface area contributed by atoms with Crippen LogP contribution in [0.2, 0.25) is 5.02 Å². The quantitative estimate of drug-likeness (QED) is 0.845. The van der Waals surface area contributed by atoms with Gasteiger partial charge in [-0.3, -0.25) is 9.63 Å². The number of carbonyl (C=O) groups is 1. The van der Waals surface area contributed by atoms with E-state index < -0.39 is 0 Å². The van der Waals surface area contributed by atoms with Crippen molar-refractivity contribution in [2.75, 3.05) is 6.61 Å². The molecular weight excluding hydrogens is 266 g/mol. The van der Waals surface area contributed by atoms with Gasteiger partial charge in [-0.1, -0.05) is 30.5 Å². The Kier molecular flexibility index (Phi) is 5.05. The van der Waals surface area contributed by atoms with Crippen molar-refractivity contribution in [1.29, 1.82) is 0 Å². The molecule has 4 nitrogen and oxygen atoms in total. The molecule has 2 rings (SSSR count). The second kappa shape index (κ2) is 6.78. The van der Waals surface area contributed by atoms with Gasteiger partial charge in [-0.25, -0.2) is 5.48 Å². The highest BCUT2D eigenvalue weighted by Gasteiger charge is 2.17. The van der Waals surface area contributed by atoms with E-state index >= 15 is 0 Å². The zero-order chi connectivity index (χ0) is 13.7. The fraction of sp³-hybridized carbons (Fsp3) is 0.500. The molecular formula is C14H18ClNO3. The fourth-order valence-electron chi connectivity index (χ4n) is 2.05. The Balaban J connectivity index is 1.74. The number of carbonyl (C=O) groups excluding carboxylic acids is 1. The van der Waals surface area contributed by atoms with Crippen LogP contribution in [0.1, 0.15) is 31.2 Å². The molecule has 5 heteroatoms. The van der Waals surface area contributed by atoms with Crippen LogP contribution >= 0.6 is 11.6 Å². The summed E-state index contributed by atoms with van der Waals surface area (Å²) in [7, 11) is 0. The van der Waals surface area contributed by atoms with Crippen LogP contribution < -0.4 is 10.2 Å². The van der Waals surface area contributed by atoms with E-state index in [1.54, 1.807) is 12.1 Å². The molecule has 0 aliphatic heterocycles. The molecule has 0 radical (unpaired) electrons. The van der Waals surface area contributed by atoms with Crippen LogP contribution in [0.25, 0.3) is 0 Å². The van der Waals surface area contributed by atoms with E-state index in [1.807, 2.05) is 13.0 Å². The third-order valence-corrected chi connectivity index (χ3v) is 3.40. The number of nitrogens with one attached hydrogen (secondary N) is 1. The number of halogens is 1. The van der Waals surface area contributed by atoms with Gasteiger partial charge in [0, 0.05) is 0 Å². The van der Waals surface area contributed by atoms with Gasteiger partial charge in [-0.2, -0.15) is 0 Å². The minimum absolute atomic E-state index is 0.101. The number of hydrogen-bond donors (Lipinski definition) is 1. The number of rotatable bonds is 5. The molecule has 1 amide bonds. The van der Waals surface area contributed by atoms with Crippen molar-refractivity contribution in [3.05, 3.63) is 28.8 Å². The molecule has 1 aromatic carbocycles. The summed E-state index contributed by atoms with van der Waals surface area (Å²) in [6.07, 6.45) is 4.48. The molecule has 1 saturated carbocycles. The monoisotopic (exact) mass is 283 g/mol. The number of amides is 1. The minimum atomic E-state index is -0.301. The standard InChI is InChI=1S/C14H18ClNO3/c1-10-6-7-12(15)13(8-10)18-9-14(17)16-19-11-4-2-3-5-11/h6-8,11H,2-5,9H2,1H3,(H,16,17). The first kappa shape index (κ1) is 14.2. The second-order valence-electron chi connectivity index (χ2n) is 4.77. The Morgan fingerprint density at radius 1 is 1.42 bits per heavy atom. The fourth-order valence-corrected chi connectivity index (χ4v) is 2.22. The number of hydrogen-bond acceptors (Lipinski definition) is 3. The van der Waals surface area contributed by atoms with Gasteiger partial charge >= 0.3 is 0 Å². The predicted molar refractivity (Wildman–Crippen MR) is 73.2 cm³/mol. The highest BCUT2D eigenvalue weighted by Crippen LogP contribution is 2.25. The maximum absolute atomic E-state index is 11.6. The van der Waals surface area contributed by atoms with E-state index in [2.05, 4.69) is 5.48 Å². The lowest BCUT2D eigenvalue weighted by Crippen LogP contribution is -2.32. The van der Waals surface area contributed by atoms with Crippen LogP contribution in [-0.4, -0.2) is 18.6 Å². The number of hydroxylamine groups is 1. The van der Waals surface area contributed by atoms with Crippen molar-refractivity contribution >= 4 is 17.5 Å². The van der Waals surface area contributed by atoms with Crippen LogP contribution in [-0.2, 0) is 9.63 Å². The molecule has 0 unspecified atom stereocenters. The van der Waals surface area contributed by atoms with Crippen molar-refractivity contribution in [1.82, 2.24) is 5.48 Å². The second-order valence-corrected chi connectivity index (χ2v) is 5.18. The number of ether oxygens (including phenoxy) is 1. The molecule has 1 aromatic rings. The Morgan fingerprint density at radius 3 is 2.89 bits per heavy atom. The van der Waals surface area contributed by atoms with Gasteiger partial charge in [0.05, 0.1) is 11.1 Å². The molecule has 19 heavy (non-hydrogen) atoms. The van der Waals surface area contributed by atoms with E-state index in [0.29, 0.717) is 10.8 Å². The lowest BCUT2D eigenvalue weighted by Gasteiger charge is -2.12. The molecule has 0 aromatic heterocycles. The van der Waals surface area contributed by atoms with E-state index in [9.17, 15) is 4.79 Å². The van der Waals surface area contributed by atoms with Crippen molar-refractivity contribution in [3.8, 4) is 5.75 Å². The van der Waals surface area contributed by atoms with Crippen molar-refractivity contribution in [2.24, 2.45) is 0 Å². The van der Waals surface area contributed by atoms with Crippen LogP contribution in [0.5, 0.6) is 5.75 Å². The summed E-state index contributed by atoms with van der Waals surface area (Å²) in [5.74, 6) is 0.210. The Bertz CT molecular complexity index is 444. The average molecular weight is 284 g/mol. The van der Waals surface area contributed by atoms with E-state index in [4.69, 9.17) is 21.2 Å². The van der Waals surface area contributed by atoms with Gasteiger partial charge < -0.3 is 4.74 Å². The SMILES string of the molecule is Cc1ccc(Cl)c(OCC(=O)NOC2CCCC2)c1. The highest BCUT2D eigenvalue weighted by atomic mass is 35.5. The molecule has 1 N–H and O–H groups in total. The molecule has 0 heterocycles. The summed E-state index contributed by atoms with van der Waals surface area (Å²) in [4.78, 5) is 16.9. The zero-order valence-electron chi connectivity index (χ0n) is 10.9. The smallest absolute Gasteiger partial charge is 0.281 e. The first-order valence-corrected chi connectivity index (χ1v) is 6.86. The molecule has 0 atom stereocenters. The molecule has 0 spiro atoms. The van der Waals surface area contributed by atoms with Gasteiger partial charge in [-0.05, 0) is 37.5 Å². The summed E-state index contributed by atoms with van der Waals surface area (Å²) >= 11 is 5.97. The van der Waals surface area contributed by atoms with Crippen LogP contribution in [0.4, 0.5) is 0 Å². The van der Waals surface area contributed by atoms with Gasteiger partial charge in [0.2, 0.25) is 0 Å². The average Bonchev–Trinajstić information content (AvgIpc) is 2.90. The number of benzene rings is 1.